The predicted octanol–water partition coefficient (Wildman–Crippen LogP) is 21.3. The average molecular weight is 1020 g/mol. The fourth-order valence-corrected chi connectivity index (χ4v) is 8.95. The van der Waals surface area contributed by atoms with Crippen molar-refractivity contribution in [2.75, 3.05) is 13.2 Å². The SMILES string of the molecule is CC/C=C\C/C=C\C/C=C\C/C=C\CCCCCCCCCCCCCCCCCCCCC(=O)OCC(COC(=O)CCCCCCC/C=C\CCCCC)OC(=O)CCCCCCC/C=C\CCCCC. The van der Waals surface area contributed by atoms with Crippen LogP contribution in [-0.2, 0) is 28.6 Å². The summed E-state index contributed by atoms with van der Waals surface area (Å²) in [4.78, 5) is 38.1. The Kier molecular flexibility index (Phi) is 58.7. The van der Waals surface area contributed by atoms with Gasteiger partial charge >= 0.3 is 17.9 Å². The van der Waals surface area contributed by atoms with E-state index in [1.165, 1.54) is 173 Å². The Morgan fingerprint density at radius 3 is 0.849 bits per heavy atom. The minimum Gasteiger partial charge on any atom is -0.462 e. The van der Waals surface area contributed by atoms with Gasteiger partial charge in [-0.05, 0) is 109 Å². The van der Waals surface area contributed by atoms with E-state index in [2.05, 4.69) is 93.7 Å². The van der Waals surface area contributed by atoms with Gasteiger partial charge in [-0.2, -0.15) is 0 Å². The van der Waals surface area contributed by atoms with Crippen LogP contribution >= 0.6 is 0 Å². The Hall–Kier alpha value is -3.15. The molecule has 0 aromatic heterocycles. The van der Waals surface area contributed by atoms with Crippen molar-refractivity contribution < 1.29 is 28.6 Å². The number of esters is 3. The van der Waals surface area contributed by atoms with Crippen LogP contribution in [0.3, 0.4) is 0 Å². The first-order chi connectivity index (χ1) is 36.0. The monoisotopic (exact) mass is 1020 g/mol. The summed E-state index contributed by atoms with van der Waals surface area (Å²) in [5.41, 5.74) is 0. The van der Waals surface area contributed by atoms with Gasteiger partial charge in [-0.15, -0.1) is 0 Å². The second-order valence-electron chi connectivity index (χ2n) is 20.9. The van der Waals surface area contributed by atoms with Crippen LogP contribution in [0.2, 0.25) is 0 Å². The third-order valence-corrected chi connectivity index (χ3v) is 13.7. The van der Waals surface area contributed by atoms with Crippen molar-refractivity contribution >= 4 is 17.9 Å². The summed E-state index contributed by atoms with van der Waals surface area (Å²) in [5, 5.41) is 0. The molecule has 1 atom stereocenters. The third kappa shape index (κ3) is 59.6. The minimum atomic E-state index is -0.780. The molecule has 0 radical (unpaired) electrons. The van der Waals surface area contributed by atoms with E-state index in [1.807, 2.05) is 0 Å². The van der Waals surface area contributed by atoms with Crippen LogP contribution in [-0.4, -0.2) is 37.2 Å². The summed E-state index contributed by atoms with van der Waals surface area (Å²) in [6.45, 7) is 6.49. The minimum absolute atomic E-state index is 0.0779. The maximum absolute atomic E-state index is 12.8. The molecule has 1 unspecified atom stereocenters. The number of allylic oxidation sites excluding steroid dienone is 12. The molecule has 0 rings (SSSR count). The first-order valence-corrected chi connectivity index (χ1v) is 31.4. The number of rotatable bonds is 57. The predicted molar refractivity (Wildman–Crippen MR) is 316 cm³/mol. The number of hydrogen-bond donors (Lipinski definition) is 0. The quantitative estimate of drug-likeness (QED) is 0.0261. The van der Waals surface area contributed by atoms with E-state index in [9.17, 15) is 14.4 Å². The topological polar surface area (TPSA) is 78.9 Å². The van der Waals surface area contributed by atoms with E-state index in [4.69, 9.17) is 14.2 Å². The summed E-state index contributed by atoms with van der Waals surface area (Å²) in [6, 6.07) is 0. The Labute approximate surface area is 453 Å². The van der Waals surface area contributed by atoms with Gasteiger partial charge in [-0.3, -0.25) is 14.4 Å². The molecule has 422 valence electrons. The molecule has 0 heterocycles. The normalized spacial score (nSPS) is 12.5. The molecule has 73 heavy (non-hydrogen) atoms. The van der Waals surface area contributed by atoms with Crippen LogP contribution in [0.25, 0.3) is 0 Å². The van der Waals surface area contributed by atoms with Gasteiger partial charge in [-0.1, -0.05) is 261 Å². The van der Waals surface area contributed by atoms with Crippen molar-refractivity contribution in [3.05, 3.63) is 72.9 Å². The van der Waals surface area contributed by atoms with E-state index in [1.54, 1.807) is 0 Å². The van der Waals surface area contributed by atoms with Gasteiger partial charge in [0.15, 0.2) is 6.10 Å². The second-order valence-corrected chi connectivity index (χ2v) is 20.9. The summed E-state index contributed by atoms with van der Waals surface area (Å²) >= 11 is 0. The molecule has 0 aromatic carbocycles. The van der Waals surface area contributed by atoms with E-state index >= 15 is 0 Å². The smallest absolute Gasteiger partial charge is 0.306 e. The Morgan fingerprint density at radius 1 is 0.288 bits per heavy atom. The van der Waals surface area contributed by atoms with Gasteiger partial charge in [0.05, 0.1) is 0 Å². The summed E-state index contributed by atoms with van der Waals surface area (Å²) < 4.78 is 16.9. The number of carbonyl (C=O) groups excluding carboxylic acids is 3. The zero-order valence-electron chi connectivity index (χ0n) is 48.4. The largest absolute Gasteiger partial charge is 0.462 e. The van der Waals surface area contributed by atoms with Crippen LogP contribution in [0.1, 0.15) is 316 Å². The lowest BCUT2D eigenvalue weighted by Gasteiger charge is -2.18. The fraction of sp³-hybridized carbons (Fsp3) is 0.776. The maximum atomic E-state index is 12.8. The lowest BCUT2D eigenvalue weighted by molar-refractivity contribution is -0.167. The molecule has 0 aliphatic heterocycles. The van der Waals surface area contributed by atoms with Crippen LogP contribution < -0.4 is 0 Å². The summed E-state index contributed by atoms with van der Waals surface area (Å²) in [7, 11) is 0. The van der Waals surface area contributed by atoms with Gasteiger partial charge < -0.3 is 14.2 Å². The van der Waals surface area contributed by atoms with Crippen molar-refractivity contribution in [1.29, 1.82) is 0 Å². The molecular formula is C67H118O6. The second kappa shape index (κ2) is 61.4. The highest BCUT2D eigenvalue weighted by atomic mass is 16.6. The fourth-order valence-electron chi connectivity index (χ4n) is 8.95. The number of unbranched alkanes of at least 4 members (excludes halogenated alkanes) is 34. The molecule has 0 spiro atoms. The standard InChI is InChI=1S/C67H118O6/c1-4-7-10-13-16-19-22-25-26-27-28-29-30-31-32-33-34-35-36-37-38-39-40-41-42-43-46-48-51-54-57-60-66(69)72-63-64(73-67(70)61-58-55-52-49-45-24-21-18-15-12-9-6-3)62-71-65(68)59-56-53-50-47-44-23-20-17-14-11-8-5-2/h7,10,16-21,25-26,28-29,64H,4-6,8-9,11-15,22-24,27,30-63H2,1-3H3/b10-7-,19-16-,20-17-,21-18-,26-25-,29-28-. The molecule has 0 aliphatic carbocycles. The molecule has 0 amide bonds. The molecular weight excluding hydrogens is 901 g/mol. The van der Waals surface area contributed by atoms with Crippen molar-refractivity contribution in [3.8, 4) is 0 Å². The number of ether oxygens (including phenoxy) is 3. The molecule has 0 aromatic rings. The molecule has 0 saturated heterocycles. The molecule has 0 N–H and O–H groups in total. The Bertz CT molecular complexity index is 1360. The molecule has 0 saturated carbocycles. The highest BCUT2D eigenvalue weighted by Crippen LogP contribution is 2.17. The van der Waals surface area contributed by atoms with Gasteiger partial charge in [-0.25, -0.2) is 0 Å². The zero-order chi connectivity index (χ0) is 52.9. The highest BCUT2D eigenvalue weighted by molar-refractivity contribution is 5.71. The van der Waals surface area contributed by atoms with Gasteiger partial charge in [0, 0.05) is 19.3 Å². The third-order valence-electron chi connectivity index (χ3n) is 13.7. The number of carbonyl (C=O) groups is 3. The van der Waals surface area contributed by atoms with Crippen LogP contribution in [0.4, 0.5) is 0 Å². The highest BCUT2D eigenvalue weighted by Gasteiger charge is 2.19. The van der Waals surface area contributed by atoms with Crippen LogP contribution in [0.15, 0.2) is 72.9 Å². The van der Waals surface area contributed by atoms with Gasteiger partial charge in [0.1, 0.15) is 13.2 Å². The van der Waals surface area contributed by atoms with Crippen molar-refractivity contribution in [3.63, 3.8) is 0 Å². The van der Waals surface area contributed by atoms with Crippen molar-refractivity contribution in [2.45, 2.75) is 322 Å². The average Bonchev–Trinajstić information content (AvgIpc) is 3.39. The zero-order valence-corrected chi connectivity index (χ0v) is 48.4. The summed E-state index contributed by atoms with van der Waals surface area (Å²) in [6.07, 6.45) is 79.3. The van der Waals surface area contributed by atoms with E-state index in [0.717, 1.165) is 103 Å². The molecule has 6 nitrogen and oxygen atoms in total. The molecule has 0 aliphatic rings. The van der Waals surface area contributed by atoms with Crippen LogP contribution in [0, 0.1) is 0 Å². The first-order valence-electron chi connectivity index (χ1n) is 31.4. The maximum Gasteiger partial charge on any atom is 0.306 e. The van der Waals surface area contributed by atoms with Crippen molar-refractivity contribution in [2.24, 2.45) is 0 Å². The molecule has 0 bridgehead atoms. The van der Waals surface area contributed by atoms with E-state index < -0.39 is 6.10 Å². The van der Waals surface area contributed by atoms with Crippen molar-refractivity contribution in [1.82, 2.24) is 0 Å². The van der Waals surface area contributed by atoms with Crippen LogP contribution in [0.5, 0.6) is 0 Å². The van der Waals surface area contributed by atoms with E-state index in [-0.39, 0.29) is 31.1 Å². The Balaban J connectivity index is 4.10. The molecule has 0 fully saturated rings. The number of hydrogen-bond acceptors (Lipinski definition) is 6. The van der Waals surface area contributed by atoms with Gasteiger partial charge in [0.2, 0.25) is 0 Å². The first kappa shape index (κ1) is 69.8. The lowest BCUT2D eigenvalue weighted by atomic mass is 10.0. The van der Waals surface area contributed by atoms with E-state index in [0.29, 0.717) is 19.3 Å². The summed E-state index contributed by atoms with van der Waals surface area (Å²) in [5.74, 6) is -0.885. The lowest BCUT2D eigenvalue weighted by Crippen LogP contribution is -2.30. The Morgan fingerprint density at radius 2 is 0.534 bits per heavy atom. The molecule has 6 heteroatoms. The van der Waals surface area contributed by atoms with Gasteiger partial charge in [0.25, 0.3) is 0 Å².